The van der Waals surface area contributed by atoms with Crippen LogP contribution in [0.5, 0.6) is 0 Å². The van der Waals surface area contributed by atoms with Gasteiger partial charge in [-0.1, -0.05) is 6.92 Å². The predicted octanol–water partition coefficient (Wildman–Crippen LogP) is 0.585. The third kappa shape index (κ3) is 3.87. The molecule has 1 fully saturated rings. The second-order valence-corrected chi connectivity index (χ2v) is 4.93. The van der Waals surface area contributed by atoms with E-state index >= 15 is 0 Å². The minimum atomic E-state index is -0.978. The highest BCUT2D eigenvalue weighted by molar-refractivity contribution is 5.82. The molecule has 0 aromatic heterocycles. The van der Waals surface area contributed by atoms with Gasteiger partial charge in [-0.2, -0.15) is 0 Å². The molecular weight excluding hydrogens is 234 g/mol. The third-order valence-corrected chi connectivity index (χ3v) is 3.49. The van der Waals surface area contributed by atoms with Gasteiger partial charge in [0.1, 0.15) is 6.04 Å². The van der Waals surface area contributed by atoms with E-state index in [0.717, 1.165) is 12.8 Å². The standard InChI is InChI=1S/C12H23N3O3/c1-4-10(11(16)17)13-12(18)15-7-5-9(6-8-15)14(2)3/h9-10H,4-8H2,1-3H3,(H,13,18)(H,16,17)/t10-/m0/s1. The lowest BCUT2D eigenvalue weighted by molar-refractivity contribution is -0.139. The van der Waals surface area contributed by atoms with Crippen molar-refractivity contribution in [3.63, 3.8) is 0 Å². The number of likely N-dealkylation sites (tertiary alicyclic amines) is 1. The van der Waals surface area contributed by atoms with Crippen molar-refractivity contribution in [2.45, 2.75) is 38.3 Å². The van der Waals surface area contributed by atoms with Gasteiger partial charge in [0.05, 0.1) is 0 Å². The van der Waals surface area contributed by atoms with Crippen LogP contribution in [0.15, 0.2) is 0 Å². The van der Waals surface area contributed by atoms with Crippen LogP contribution in [0.3, 0.4) is 0 Å². The number of amides is 2. The number of hydrogen-bond donors (Lipinski definition) is 2. The summed E-state index contributed by atoms with van der Waals surface area (Å²) >= 11 is 0. The van der Waals surface area contributed by atoms with E-state index in [2.05, 4.69) is 10.2 Å². The lowest BCUT2D eigenvalue weighted by Gasteiger charge is -2.35. The zero-order valence-electron chi connectivity index (χ0n) is 11.3. The number of carbonyl (C=O) groups excluding carboxylic acids is 1. The average Bonchev–Trinajstić information content (AvgIpc) is 2.35. The second-order valence-electron chi connectivity index (χ2n) is 4.93. The molecule has 1 rings (SSSR count). The van der Waals surface area contributed by atoms with Crippen molar-refractivity contribution in [2.24, 2.45) is 0 Å². The Morgan fingerprint density at radius 2 is 1.94 bits per heavy atom. The molecule has 2 amide bonds. The van der Waals surface area contributed by atoms with Gasteiger partial charge in [-0.25, -0.2) is 9.59 Å². The molecule has 1 atom stereocenters. The Labute approximate surface area is 108 Å². The molecule has 0 saturated carbocycles. The first-order chi connectivity index (χ1) is 8.45. The van der Waals surface area contributed by atoms with Crippen molar-refractivity contribution < 1.29 is 14.7 Å². The van der Waals surface area contributed by atoms with Gasteiger partial charge in [-0.15, -0.1) is 0 Å². The monoisotopic (exact) mass is 257 g/mol. The largest absolute Gasteiger partial charge is 0.480 e. The van der Waals surface area contributed by atoms with E-state index in [9.17, 15) is 9.59 Å². The topological polar surface area (TPSA) is 72.9 Å². The number of rotatable bonds is 4. The van der Waals surface area contributed by atoms with Crippen LogP contribution in [-0.4, -0.2) is 66.2 Å². The Hall–Kier alpha value is -1.30. The van der Waals surface area contributed by atoms with Crippen molar-refractivity contribution >= 4 is 12.0 Å². The van der Waals surface area contributed by atoms with Gasteiger partial charge in [-0.05, 0) is 33.4 Å². The Kier molecular flexibility index (Phi) is 5.40. The van der Waals surface area contributed by atoms with Gasteiger partial charge >= 0.3 is 12.0 Å². The van der Waals surface area contributed by atoms with E-state index in [4.69, 9.17) is 5.11 Å². The SMILES string of the molecule is CC[C@H](NC(=O)N1CCC(N(C)C)CC1)C(=O)O. The fraction of sp³-hybridized carbons (Fsp3) is 0.833. The van der Waals surface area contributed by atoms with Crippen LogP contribution in [-0.2, 0) is 4.79 Å². The highest BCUT2D eigenvalue weighted by atomic mass is 16.4. The van der Waals surface area contributed by atoms with Crippen LogP contribution < -0.4 is 5.32 Å². The van der Waals surface area contributed by atoms with E-state index in [1.54, 1.807) is 11.8 Å². The summed E-state index contributed by atoms with van der Waals surface area (Å²) in [5.74, 6) is -0.978. The van der Waals surface area contributed by atoms with Gasteiger partial charge in [0.2, 0.25) is 0 Å². The maximum atomic E-state index is 11.9. The van der Waals surface area contributed by atoms with Crippen LogP contribution >= 0.6 is 0 Å². The Bertz CT molecular complexity index is 299. The van der Waals surface area contributed by atoms with E-state index < -0.39 is 12.0 Å². The summed E-state index contributed by atoms with van der Waals surface area (Å²) in [5.41, 5.74) is 0. The number of carbonyl (C=O) groups is 2. The van der Waals surface area contributed by atoms with Gasteiger partial charge in [0, 0.05) is 19.1 Å². The minimum absolute atomic E-state index is 0.263. The van der Waals surface area contributed by atoms with Gasteiger partial charge < -0.3 is 20.2 Å². The molecule has 0 aromatic rings. The molecule has 0 aliphatic carbocycles. The van der Waals surface area contributed by atoms with E-state index in [0.29, 0.717) is 25.6 Å². The van der Waals surface area contributed by atoms with Gasteiger partial charge in [0.25, 0.3) is 0 Å². The highest BCUT2D eigenvalue weighted by Gasteiger charge is 2.26. The van der Waals surface area contributed by atoms with Crippen molar-refractivity contribution in [1.82, 2.24) is 15.1 Å². The molecular formula is C12H23N3O3. The number of aliphatic carboxylic acids is 1. The fourth-order valence-electron chi connectivity index (χ4n) is 2.16. The summed E-state index contributed by atoms with van der Waals surface area (Å²) in [6.07, 6.45) is 2.27. The summed E-state index contributed by atoms with van der Waals surface area (Å²) in [4.78, 5) is 26.6. The van der Waals surface area contributed by atoms with Gasteiger partial charge in [-0.3, -0.25) is 0 Å². The van der Waals surface area contributed by atoms with E-state index in [1.807, 2.05) is 14.1 Å². The fourth-order valence-corrected chi connectivity index (χ4v) is 2.16. The summed E-state index contributed by atoms with van der Waals surface area (Å²) in [5, 5.41) is 11.4. The van der Waals surface area contributed by atoms with Crippen LogP contribution in [0.25, 0.3) is 0 Å². The third-order valence-electron chi connectivity index (χ3n) is 3.49. The maximum Gasteiger partial charge on any atom is 0.326 e. The first-order valence-corrected chi connectivity index (χ1v) is 6.40. The van der Waals surface area contributed by atoms with Crippen molar-refractivity contribution in [1.29, 1.82) is 0 Å². The number of piperidine rings is 1. The first kappa shape index (κ1) is 14.8. The molecule has 2 N–H and O–H groups in total. The maximum absolute atomic E-state index is 11.9. The predicted molar refractivity (Wildman–Crippen MR) is 68.5 cm³/mol. The number of urea groups is 1. The summed E-state index contributed by atoms with van der Waals surface area (Å²) < 4.78 is 0. The van der Waals surface area contributed by atoms with Crippen LogP contribution in [0.1, 0.15) is 26.2 Å². The molecule has 0 spiro atoms. The average molecular weight is 257 g/mol. The van der Waals surface area contributed by atoms with Crippen LogP contribution in [0.4, 0.5) is 4.79 Å². The zero-order valence-corrected chi connectivity index (χ0v) is 11.3. The quantitative estimate of drug-likeness (QED) is 0.773. The molecule has 1 aliphatic heterocycles. The van der Waals surface area contributed by atoms with Crippen molar-refractivity contribution in [3.8, 4) is 0 Å². The van der Waals surface area contributed by atoms with Gasteiger partial charge in [0.15, 0.2) is 0 Å². The molecule has 18 heavy (non-hydrogen) atoms. The van der Waals surface area contributed by atoms with Crippen LogP contribution in [0, 0.1) is 0 Å². The van der Waals surface area contributed by atoms with E-state index in [-0.39, 0.29) is 6.03 Å². The molecule has 0 unspecified atom stereocenters. The smallest absolute Gasteiger partial charge is 0.326 e. The molecule has 1 saturated heterocycles. The zero-order chi connectivity index (χ0) is 13.7. The highest BCUT2D eigenvalue weighted by Crippen LogP contribution is 2.14. The summed E-state index contributed by atoms with van der Waals surface area (Å²) in [7, 11) is 4.08. The Balaban J connectivity index is 2.42. The minimum Gasteiger partial charge on any atom is -0.480 e. The second kappa shape index (κ2) is 6.58. The molecule has 6 heteroatoms. The van der Waals surface area contributed by atoms with Crippen molar-refractivity contribution in [2.75, 3.05) is 27.2 Å². The summed E-state index contributed by atoms with van der Waals surface area (Å²) in [6.45, 7) is 3.12. The molecule has 0 bridgehead atoms. The number of hydrogen-bond acceptors (Lipinski definition) is 3. The lowest BCUT2D eigenvalue weighted by atomic mass is 10.0. The van der Waals surface area contributed by atoms with Crippen LogP contribution in [0.2, 0.25) is 0 Å². The number of carboxylic acid groups (broad SMARTS) is 1. The number of carboxylic acids is 1. The molecule has 0 aromatic carbocycles. The van der Waals surface area contributed by atoms with E-state index in [1.165, 1.54) is 0 Å². The first-order valence-electron chi connectivity index (χ1n) is 6.40. The molecule has 104 valence electrons. The Morgan fingerprint density at radius 1 is 1.39 bits per heavy atom. The van der Waals surface area contributed by atoms with Crippen molar-refractivity contribution in [3.05, 3.63) is 0 Å². The lowest BCUT2D eigenvalue weighted by Crippen LogP contribution is -2.51. The number of nitrogens with one attached hydrogen (secondary N) is 1. The Morgan fingerprint density at radius 3 is 2.33 bits per heavy atom. The normalized spacial score (nSPS) is 18.8. The number of nitrogens with zero attached hydrogens (tertiary/aromatic N) is 2. The summed E-state index contributed by atoms with van der Waals surface area (Å²) in [6, 6.07) is -0.541. The molecule has 6 nitrogen and oxygen atoms in total. The molecule has 0 radical (unpaired) electrons. The molecule has 1 aliphatic rings. The molecule has 1 heterocycles.